The van der Waals surface area contributed by atoms with Crippen molar-refractivity contribution in [3.8, 4) is 56.1 Å². The van der Waals surface area contributed by atoms with Gasteiger partial charge in [0.25, 0.3) is 8.32 Å². The van der Waals surface area contributed by atoms with Crippen molar-refractivity contribution in [3.63, 3.8) is 0 Å². The average Bonchev–Trinajstić information content (AvgIpc) is 4.05. The van der Waals surface area contributed by atoms with Crippen LogP contribution in [0.15, 0.2) is 158 Å². The Kier molecular flexibility index (Phi) is 17.3. The molecule has 0 aliphatic heterocycles. The molecule has 2 atom stereocenters. The Hall–Kier alpha value is -7.53. The van der Waals surface area contributed by atoms with Crippen molar-refractivity contribution in [1.29, 1.82) is 0 Å². The molecule has 3 aromatic heterocycles. The van der Waals surface area contributed by atoms with Gasteiger partial charge < -0.3 is 33.6 Å². The molecule has 0 saturated heterocycles. The Bertz CT molecular complexity index is 3490. The Balaban J connectivity index is 1.06. The monoisotopic (exact) mass is 1100 g/mol. The number of nitrogens with zero attached hydrogens (tertiary/aromatic N) is 4. The minimum Gasteiger partial charge on any atom is -0.506 e. The molecule has 0 amide bonds. The van der Waals surface area contributed by atoms with Gasteiger partial charge in [-0.2, -0.15) is 0 Å². The fraction of sp³-hybridized carbons (Fsp3) is 0.242. The first kappa shape index (κ1) is 55.2. The second-order valence-corrected chi connectivity index (χ2v) is 25.5. The summed E-state index contributed by atoms with van der Waals surface area (Å²) in [4.78, 5) is 34.2. The molecule has 0 aliphatic carbocycles. The number of para-hydroxylation sites is 1. The molecule has 0 saturated carbocycles. The number of carbonyl (C=O) groups excluding carboxylic acids is 1. The smallest absolute Gasteiger partial charge is 0.347 e. The summed E-state index contributed by atoms with van der Waals surface area (Å²) in [6.45, 7) is 10.4. The van der Waals surface area contributed by atoms with Crippen molar-refractivity contribution in [3.05, 3.63) is 191 Å². The summed E-state index contributed by atoms with van der Waals surface area (Å²) in [6.07, 6.45) is 1.75. The van der Waals surface area contributed by atoms with Crippen LogP contribution >= 0.6 is 22.9 Å². The SMILES string of the molecule is CCOC(=O)[C@@H](Cc1cc(CC[C@@H](O)CO[Si](c2ccccc2)(c2ccccc2)C(C)(C)C)ccc1OCc1ccnc(-c2ccccc2OC)n1)Oc1ncnc2sc(-c3ccc(F)cc3)c(-c3ccc(O)c(Cl)c3C)c12. The molecule has 400 valence electrons. The number of phenolic OH excluding ortho intramolecular Hbond substituents is 1. The van der Waals surface area contributed by atoms with Gasteiger partial charge in [0.05, 0.1) is 48.1 Å². The van der Waals surface area contributed by atoms with Gasteiger partial charge in [-0.25, -0.2) is 29.1 Å². The Labute approximate surface area is 463 Å². The first-order chi connectivity index (χ1) is 37.7. The van der Waals surface area contributed by atoms with Gasteiger partial charge in [-0.3, -0.25) is 0 Å². The lowest BCUT2D eigenvalue weighted by Gasteiger charge is -2.43. The molecule has 0 aliphatic rings. The third-order valence-electron chi connectivity index (χ3n) is 13.6. The summed E-state index contributed by atoms with van der Waals surface area (Å²) in [5.41, 5.74) is 5.36. The zero-order valence-corrected chi connectivity index (χ0v) is 46.8. The van der Waals surface area contributed by atoms with Gasteiger partial charge in [0.1, 0.15) is 40.8 Å². The van der Waals surface area contributed by atoms with Crippen LogP contribution < -0.4 is 24.6 Å². The third kappa shape index (κ3) is 12.0. The van der Waals surface area contributed by atoms with E-state index in [1.807, 2.05) is 78.9 Å². The number of hydrogen-bond acceptors (Lipinski definition) is 13. The van der Waals surface area contributed by atoms with Crippen molar-refractivity contribution < 1.29 is 42.8 Å². The number of aliphatic hydroxyl groups excluding tert-OH is 1. The highest BCUT2D eigenvalue weighted by molar-refractivity contribution is 7.22. The number of aryl methyl sites for hydroxylation is 1. The molecule has 2 N–H and O–H groups in total. The number of benzene rings is 6. The molecule has 0 bridgehead atoms. The van der Waals surface area contributed by atoms with Gasteiger partial charge >= 0.3 is 5.97 Å². The van der Waals surface area contributed by atoms with E-state index in [2.05, 4.69) is 60.0 Å². The molecule has 0 fully saturated rings. The van der Waals surface area contributed by atoms with Crippen LogP contribution in [0.25, 0.3) is 43.2 Å². The number of thiophene rings is 1. The van der Waals surface area contributed by atoms with Crippen molar-refractivity contribution in [2.45, 2.75) is 77.7 Å². The minimum atomic E-state index is -2.92. The fourth-order valence-electron chi connectivity index (χ4n) is 9.82. The number of aromatic hydroxyl groups is 1. The molecule has 9 aromatic rings. The first-order valence-corrected chi connectivity index (χ1v) is 28.8. The lowest BCUT2D eigenvalue weighted by molar-refractivity contribution is -0.151. The summed E-state index contributed by atoms with van der Waals surface area (Å²) < 4.78 is 46.1. The molecule has 3 heterocycles. The van der Waals surface area contributed by atoms with E-state index >= 15 is 0 Å². The van der Waals surface area contributed by atoms with E-state index in [1.54, 1.807) is 51.4 Å². The van der Waals surface area contributed by atoms with E-state index in [9.17, 15) is 19.4 Å². The van der Waals surface area contributed by atoms with Gasteiger partial charge in [0.2, 0.25) is 12.0 Å². The van der Waals surface area contributed by atoms with E-state index in [0.29, 0.717) is 78.8 Å². The maximum Gasteiger partial charge on any atom is 0.347 e. The highest BCUT2D eigenvalue weighted by Gasteiger charge is 2.50. The van der Waals surface area contributed by atoms with Crippen LogP contribution in [0, 0.1) is 12.7 Å². The zero-order valence-electron chi connectivity index (χ0n) is 44.2. The normalized spacial score (nSPS) is 12.5. The van der Waals surface area contributed by atoms with Crippen LogP contribution in [0.2, 0.25) is 10.1 Å². The largest absolute Gasteiger partial charge is 0.506 e. The van der Waals surface area contributed by atoms with Crippen LogP contribution in [0.1, 0.15) is 56.5 Å². The maximum atomic E-state index is 14.3. The van der Waals surface area contributed by atoms with Gasteiger partial charge in [0.15, 0.2) is 5.82 Å². The summed E-state index contributed by atoms with van der Waals surface area (Å²) in [5.74, 6) is 0.510. The Morgan fingerprint density at radius 3 is 2.23 bits per heavy atom. The predicted molar refractivity (Wildman–Crippen MR) is 307 cm³/mol. The summed E-state index contributed by atoms with van der Waals surface area (Å²) in [6, 6.07) is 45.1. The number of esters is 1. The highest BCUT2D eigenvalue weighted by atomic mass is 35.5. The van der Waals surface area contributed by atoms with Gasteiger partial charge in [-0.05, 0) is 112 Å². The van der Waals surface area contributed by atoms with Crippen LogP contribution in [-0.2, 0) is 33.4 Å². The molecule has 12 nitrogen and oxygen atoms in total. The number of phenols is 1. The number of halogens is 2. The number of rotatable bonds is 21. The molecule has 0 unspecified atom stereocenters. The number of hydrogen-bond donors (Lipinski definition) is 2. The minimum absolute atomic E-state index is 0.0301. The van der Waals surface area contributed by atoms with E-state index in [1.165, 1.54) is 35.9 Å². The molecule has 6 aromatic carbocycles. The molecular formula is C62H60ClFN4O8SSi. The van der Waals surface area contributed by atoms with Crippen molar-refractivity contribution in [2.75, 3.05) is 20.3 Å². The summed E-state index contributed by atoms with van der Waals surface area (Å²) in [5, 5.41) is 25.0. The summed E-state index contributed by atoms with van der Waals surface area (Å²) >= 11 is 8.02. The van der Waals surface area contributed by atoms with Gasteiger partial charge in [-0.1, -0.05) is 136 Å². The van der Waals surface area contributed by atoms with Crippen LogP contribution in [0.4, 0.5) is 4.39 Å². The number of aliphatic hydroxyl groups is 1. The molecule has 16 heteroatoms. The highest BCUT2D eigenvalue weighted by Crippen LogP contribution is 2.49. The number of methoxy groups -OCH3 is 1. The fourth-order valence-corrected chi connectivity index (χ4v) is 15.7. The van der Waals surface area contributed by atoms with Crippen molar-refractivity contribution >= 4 is 57.8 Å². The van der Waals surface area contributed by atoms with Gasteiger partial charge in [0, 0.05) is 23.1 Å². The second kappa shape index (κ2) is 24.4. The Morgan fingerprint density at radius 2 is 1.54 bits per heavy atom. The zero-order chi connectivity index (χ0) is 55.0. The molecule has 78 heavy (non-hydrogen) atoms. The molecule has 9 rings (SSSR count). The number of fused-ring (bicyclic) bond motifs is 1. The first-order valence-electron chi connectivity index (χ1n) is 25.7. The molecule has 0 radical (unpaired) electrons. The number of carbonyl (C=O) groups is 1. The van der Waals surface area contributed by atoms with Crippen molar-refractivity contribution in [1.82, 2.24) is 19.9 Å². The van der Waals surface area contributed by atoms with E-state index in [-0.39, 0.29) is 47.9 Å². The van der Waals surface area contributed by atoms with E-state index in [4.69, 9.17) is 40.0 Å². The predicted octanol–water partition coefficient (Wildman–Crippen LogP) is 12.3. The van der Waals surface area contributed by atoms with Gasteiger partial charge in [-0.15, -0.1) is 11.3 Å². The standard InChI is InChI=1S/C62H60ClFN4O8SSi/c1-7-73-61(71)53(76-59-55-54(48-29-30-50(70)56(63)39(48)2)57(77-60(55)67-38-66-59)41-24-26-43(64)27-25-41)35-42-34-40(23-31-51(42)74-36-44-32-33-65-58(68-44)49-20-14-15-21-52(49)72-6)22-28-45(69)37-75-78(62(3,4)5,46-16-10-8-11-17-46)47-18-12-9-13-19-47/h8-21,23-27,29-34,38,45,53,69-70H,7,22,28,35-37H2,1-6H3/t45-,53-/m1/s1. The summed E-state index contributed by atoms with van der Waals surface area (Å²) in [7, 11) is -1.33. The second-order valence-electron chi connectivity index (χ2n) is 19.8. The maximum absolute atomic E-state index is 14.3. The molecular weight excluding hydrogens is 1040 g/mol. The number of aromatic nitrogens is 4. The number of ether oxygens (including phenoxy) is 4. The van der Waals surface area contributed by atoms with E-state index < -0.39 is 32.3 Å². The van der Waals surface area contributed by atoms with Crippen molar-refractivity contribution in [2.24, 2.45) is 0 Å². The average molecular weight is 1100 g/mol. The third-order valence-corrected chi connectivity index (χ3v) is 20.3. The topological polar surface area (TPSA) is 155 Å². The Morgan fingerprint density at radius 1 is 0.833 bits per heavy atom. The lowest BCUT2D eigenvalue weighted by atomic mass is 9.96. The van der Waals surface area contributed by atoms with Crippen LogP contribution in [0.3, 0.4) is 0 Å². The van der Waals surface area contributed by atoms with Crippen LogP contribution in [0.5, 0.6) is 23.1 Å². The van der Waals surface area contributed by atoms with Crippen LogP contribution in [-0.4, -0.2) is 77.0 Å². The van der Waals surface area contributed by atoms with E-state index in [0.717, 1.165) is 21.5 Å². The molecule has 0 spiro atoms. The lowest BCUT2D eigenvalue weighted by Crippen LogP contribution is -2.67. The quantitative estimate of drug-likeness (QED) is 0.0520.